The molecule has 1 heteroatoms. The molecule has 2 unspecified atom stereocenters. The molecule has 3 atom stereocenters. The Morgan fingerprint density at radius 1 is 1.36 bits per heavy atom. The highest BCUT2D eigenvalue weighted by Gasteiger charge is 2.27. The quantitative estimate of drug-likeness (QED) is 0.645. The van der Waals surface area contributed by atoms with Gasteiger partial charge in [0, 0.05) is 6.04 Å². The monoisotopic (exact) mass is 155 g/mol. The first-order chi connectivity index (χ1) is 5.29. The van der Waals surface area contributed by atoms with Gasteiger partial charge in [0.25, 0.3) is 0 Å². The van der Waals surface area contributed by atoms with Crippen LogP contribution in [0.2, 0.25) is 0 Å². The highest BCUT2D eigenvalue weighted by atomic mass is 14.9. The molecule has 1 nitrogen and oxygen atoms in total. The SMILES string of the molecule is CC[C@H]1CCCC(NC)C1C. The smallest absolute Gasteiger partial charge is 0.00923 e. The van der Waals surface area contributed by atoms with Crippen molar-refractivity contribution in [2.45, 2.75) is 45.6 Å². The van der Waals surface area contributed by atoms with Crippen LogP contribution < -0.4 is 5.32 Å². The van der Waals surface area contributed by atoms with Crippen LogP contribution in [0.4, 0.5) is 0 Å². The van der Waals surface area contributed by atoms with Gasteiger partial charge in [-0.1, -0.05) is 33.1 Å². The van der Waals surface area contributed by atoms with Crippen LogP contribution in [0.1, 0.15) is 39.5 Å². The molecule has 0 aromatic heterocycles. The Morgan fingerprint density at radius 2 is 2.09 bits per heavy atom. The Morgan fingerprint density at radius 3 is 2.64 bits per heavy atom. The lowest BCUT2D eigenvalue weighted by Crippen LogP contribution is -2.39. The van der Waals surface area contributed by atoms with E-state index < -0.39 is 0 Å². The second-order valence-electron chi connectivity index (χ2n) is 3.85. The molecule has 0 heterocycles. The Balaban J connectivity index is 2.45. The first kappa shape index (κ1) is 9.05. The van der Waals surface area contributed by atoms with E-state index in [1.165, 1.54) is 25.7 Å². The van der Waals surface area contributed by atoms with Crippen LogP contribution in [-0.2, 0) is 0 Å². The summed E-state index contributed by atoms with van der Waals surface area (Å²) in [7, 11) is 2.10. The number of nitrogens with one attached hydrogen (secondary N) is 1. The molecule has 0 aromatic rings. The molecule has 0 saturated heterocycles. The Bertz CT molecular complexity index is 99.4. The molecule has 1 aliphatic rings. The zero-order chi connectivity index (χ0) is 8.27. The van der Waals surface area contributed by atoms with Gasteiger partial charge in [-0.05, 0) is 25.3 Å². The fourth-order valence-electron chi connectivity index (χ4n) is 2.44. The van der Waals surface area contributed by atoms with Crippen molar-refractivity contribution >= 4 is 0 Å². The average Bonchev–Trinajstić information content (AvgIpc) is 2.05. The van der Waals surface area contributed by atoms with Gasteiger partial charge in [-0.25, -0.2) is 0 Å². The van der Waals surface area contributed by atoms with E-state index in [1.54, 1.807) is 0 Å². The molecule has 1 rings (SSSR count). The van der Waals surface area contributed by atoms with Gasteiger partial charge < -0.3 is 5.32 Å². The zero-order valence-electron chi connectivity index (χ0n) is 8.06. The van der Waals surface area contributed by atoms with E-state index in [9.17, 15) is 0 Å². The number of rotatable bonds is 2. The third-order valence-electron chi connectivity index (χ3n) is 3.36. The summed E-state index contributed by atoms with van der Waals surface area (Å²) in [5.41, 5.74) is 0. The summed E-state index contributed by atoms with van der Waals surface area (Å²) >= 11 is 0. The zero-order valence-corrected chi connectivity index (χ0v) is 8.06. The molecule has 0 amide bonds. The molecule has 1 aliphatic carbocycles. The van der Waals surface area contributed by atoms with Crippen molar-refractivity contribution in [3.8, 4) is 0 Å². The Labute approximate surface area is 70.6 Å². The highest BCUT2D eigenvalue weighted by Crippen LogP contribution is 2.31. The minimum Gasteiger partial charge on any atom is -0.317 e. The van der Waals surface area contributed by atoms with Gasteiger partial charge in [-0.3, -0.25) is 0 Å². The fourth-order valence-corrected chi connectivity index (χ4v) is 2.44. The lowest BCUT2D eigenvalue weighted by atomic mass is 9.76. The second kappa shape index (κ2) is 4.10. The van der Waals surface area contributed by atoms with E-state index >= 15 is 0 Å². The summed E-state index contributed by atoms with van der Waals surface area (Å²) in [6, 6.07) is 0.786. The molecular formula is C10H21N. The van der Waals surface area contributed by atoms with E-state index in [-0.39, 0.29) is 0 Å². The summed E-state index contributed by atoms with van der Waals surface area (Å²) in [4.78, 5) is 0. The molecule has 1 N–H and O–H groups in total. The maximum Gasteiger partial charge on any atom is 0.00923 e. The topological polar surface area (TPSA) is 12.0 Å². The first-order valence-corrected chi connectivity index (χ1v) is 4.96. The van der Waals surface area contributed by atoms with Crippen molar-refractivity contribution in [3.05, 3.63) is 0 Å². The van der Waals surface area contributed by atoms with Crippen molar-refractivity contribution in [1.29, 1.82) is 0 Å². The van der Waals surface area contributed by atoms with Crippen molar-refractivity contribution < 1.29 is 0 Å². The van der Waals surface area contributed by atoms with Crippen molar-refractivity contribution in [2.75, 3.05) is 7.05 Å². The predicted molar refractivity (Wildman–Crippen MR) is 49.6 cm³/mol. The summed E-state index contributed by atoms with van der Waals surface area (Å²) in [6.45, 7) is 4.72. The minimum atomic E-state index is 0.786. The van der Waals surface area contributed by atoms with Gasteiger partial charge in [0.1, 0.15) is 0 Å². The van der Waals surface area contributed by atoms with Gasteiger partial charge in [0.05, 0.1) is 0 Å². The lowest BCUT2D eigenvalue weighted by Gasteiger charge is -2.35. The maximum atomic E-state index is 3.42. The van der Waals surface area contributed by atoms with Gasteiger partial charge in [-0.15, -0.1) is 0 Å². The summed E-state index contributed by atoms with van der Waals surface area (Å²) in [5.74, 6) is 1.86. The normalized spacial score (nSPS) is 39.0. The van der Waals surface area contributed by atoms with Gasteiger partial charge in [-0.2, -0.15) is 0 Å². The summed E-state index contributed by atoms with van der Waals surface area (Å²) in [5, 5.41) is 3.42. The van der Waals surface area contributed by atoms with E-state index in [4.69, 9.17) is 0 Å². The van der Waals surface area contributed by atoms with Crippen LogP contribution in [0.5, 0.6) is 0 Å². The van der Waals surface area contributed by atoms with Crippen LogP contribution in [0.25, 0.3) is 0 Å². The predicted octanol–water partition coefficient (Wildman–Crippen LogP) is 2.42. The van der Waals surface area contributed by atoms with Crippen LogP contribution >= 0.6 is 0 Å². The number of hydrogen-bond donors (Lipinski definition) is 1. The van der Waals surface area contributed by atoms with Gasteiger partial charge in [0.15, 0.2) is 0 Å². The molecule has 1 fully saturated rings. The van der Waals surface area contributed by atoms with Crippen LogP contribution in [0.3, 0.4) is 0 Å². The highest BCUT2D eigenvalue weighted by molar-refractivity contribution is 4.82. The van der Waals surface area contributed by atoms with Crippen LogP contribution in [-0.4, -0.2) is 13.1 Å². The second-order valence-corrected chi connectivity index (χ2v) is 3.85. The van der Waals surface area contributed by atoms with Crippen molar-refractivity contribution in [3.63, 3.8) is 0 Å². The summed E-state index contributed by atoms with van der Waals surface area (Å²) < 4.78 is 0. The third-order valence-corrected chi connectivity index (χ3v) is 3.36. The lowest BCUT2D eigenvalue weighted by molar-refractivity contribution is 0.195. The molecule has 0 aromatic carbocycles. The molecular weight excluding hydrogens is 134 g/mol. The Hall–Kier alpha value is -0.0400. The van der Waals surface area contributed by atoms with E-state index in [0.717, 1.165) is 17.9 Å². The molecule has 66 valence electrons. The summed E-state index contributed by atoms with van der Waals surface area (Å²) in [6.07, 6.45) is 5.62. The molecule has 0 aliphatic heterocycles. The van der Waals surface area contributed by atoms with Crippen molar-refractivity contribution in [2.24, 2.45) is 11.8 Å². The Kier molecular flexibility index (Phi) is 3.38. The fraction of sp³-hybridized carbons (Fsp3) is 1.00. The van der Waals surface area contributed by atoms with E-state index in [0.29, 0.717) is 0 Å². The number of hydrogen-bond acceptors (Lipinski definition) is 1. The van der Waals surface area contributed by atoms with E-state index in [2.05, 4.69) is 26.2 Å². The molecule has 1 saturated carbocycles. The van der Waals surface area contributed by atoms with Crippen LogP contribution in [0.15, 0.2) is 0 Å². The molecule has 11 heavy (non-hydrogen) atoms. The third kappa shape index (κ3) is 1.96. The van der Waals surface area contributed by atoms with Gasteiger partial charge in [0.2, 0.25) is 0 Å². The largest absolute Gasteiger partial charge is 0.317 e. The first-order valence-electron chi connectivity index (χ1n) is 4.96. The van der Waals surface area contributed by atoms with Gasteiger partial charge >= 0.3 is 0 Å². The molecule has 0 bridgehead atoms. The van der Waals surface area contributed by atoms with E-state index in [1.807, 2.05) is 0 Å². The molecule has 0 spiro atoms. The molecule has 0 radical (unpaired) electrons. The standard InChI is InChI=1S/C10H21N/c1-4-9-6-5-7-10(11-3)8(9)2/h8-11H,4-7H2,1-3H3/t8?,9-,10?/m0/s1. The van der Waals surface area contributed by atoms with Crippen molar-refractivity contribution in [1.82, 2.24) is 5.32 Å². The average molecular weight is 155 g/mol. The maximum absolute atomic E-state index is 3.42. The minimum absolute atomic E-state index is 0.786. The van der Waals surface area contributed by atoms with Crippen LogP contribution in [0, 0.1) is 11.8 Å².